The van der Waals surface area contributed by atoms with Crippen molar-refractivity contribution in [2.75, 3.05) is 0 Å². The van der Waals surface area contributed by atoms with Crippen molar-refractivity contribution in [2.24, 2.45) is 11.8 Å². The van der Waals surface area contributed by atoms with E-state index in [1.165, 1.54) is 32.1 Å². The minimum absolute atomic E-state index is 0.315. The first-order valence-corrected chi connectivity index (χ1v) is 7.11. The van der Waals surface area contributed by atoms with Gasteiger partial charge in [0.2, 0.25) is 0 Å². The average molecular weight is 225 g/mol. The van der Waals surface area contributed by atoms with Gasteiger partial charge in [-0.05, 0) is 51.9 Å². The molecule has 0 amide bonds. The third-order valence-corrected chi connectivity index (χ3v) is 4.45. The van der Waals surface area contributed by atoms with E-state index >= 15 is 0 Å². The van der Waals surface area contributed by atoms with E-state index in [9.17, 15) is 0 Å². The van der Waals surface area contributed by atoms with Gasteiger partial charge in [-0.3, -0.25) is 0 Å². The molecule has 1 heteroatoms. The molecule has 0 radical (unpaired) electrons. The predicted molar refractivity (Wildman–Crippen MR) is 72.7 cm³/mol. The van der Waals surface area contributed by atoms with Gasteiger partial charge in [0.1, 0.15) is 0 Å². The summed E-state index contributed by atoms with van der Waals surface area (Å²) in [7, 11) is 0. The smallest absolute Gasteiger partial charge is 0.0158 e. The van der Waals surface area contributed by atoms with Crippen LogP contribution in [0, 0.1) is 11.8 Å². The minimum atomic E-state index is 0.315. The lowest BCUT2D eigenvalue weighted by Gasteiger charge is -2.49. The Morgan fingerprint density at radius 3 is 2.31 bits per heavy atom. The number of hydrogen-bond acceptors (Lipinski definition) is 1. The molecule has 0 bridgehead atoms. The Kier molecular flexibility index (Phi) is 4.45. The van der Waals surface area contributed by atoms with Crippen molar-refractivity contribution in [1.29, 1.82) is 0 Å². The van der Waals surface area contributed by atoms with Gasteiger partial charge in [0, 0.05) is 11.1 Å². The van der Waals surface area contributed by atoms with Crippen LogP contribution in [0.5, 0.6) is 0 Å². The Morgan fingerprint density at radius 1 is 1.19 bits per heavy atom. The highest BCUT2D eigenvalue weighted by Crippen LogP contribution is 2.39. The fraction of sp³-hybridized carbons (Fsp3) is 1.00. The third-order valence-electron chi connectivity index (χ3n) is 4.45. The van der Waals surface area contributed by atoms with Crippen LogP contribution in [-0.2, 0) is 0 Å². The fourth-order valence-electron chi connectivity index (χ4n) is 3.55. The quantitative estimate of drug-likeness (QED) is 0.749. The maximum atomic E-state index is 3.85. The molecular formula is C15H31N. The minimum Gasteiger partial charge on any atom is -0.307 e. The van der Waals surface area contributed by atoms with Crippen molar-refractivity contribution in [2.45, 2.75) is 84.7 Å². The molecule has 1 rings (SSSR count). The van der Waals surface area contributed by atoms with E-state index in [2.05, 4.69) is 46.9 Å². The third kappa shape index (κ3) is 3.48. The Balaban J connectivity index is 2.72. The van der Waals surface area contributed by atoms with Gasteiger partial charge in [0.15, 0.2) is 0 Å². The SMILES string of the molecule is CCCC(C)C1CC(C)(C)NC(C)(CC)C1. The maximum absolute atomic E-state index is 3.85. The normalized spacial score (nSPS) is 36.0. The van der Waals surface area contributed by atoms with Crippen molar-refractivity contribution in [1.82, 2.24) is 5.32 Å². The van der Waals surface area contributed by atoms with Gasteiger partial charge in [-0.2, -0.15) is 0 Å². The molecule has 1 aliphatic rings. The van der Waals surface area contributed by atoms with E-state index in [-0.39, 0.29) is 0 Å². The molecule has 1 aliphatic heterocycles. The molecule has 96 valence electrons. The van der Waals surface area contributed by atoms with Crippen LogP contribution in [0.3, 0.4) is 0 Å². The molecule has 1 heterocycles. The topological polar surface area (TPSA) is 12.0 Å². The fourth-order valence-corrected chi connectivity index (χ4v) is 3.55. The summed E-state index contributed by atoms with van der Waals surface area (Å²) in [6.45, 7) is 14.2. The molecule has 0 aromatic carbocycles. The van der Waals surface area contributed by atoms with Gasteiger partial charge in [-0.1, -0.05) is 33.6 Å². The van der Waals surface area contributed by atoms with Crippen molar-refractivity contribution in [3.05, 3.63) is 0 Å². The Morgan fingerprint density at radius 2 is 1.81 bits per heavy atom. The number of hydrogen-bond donors (Lipinski definition) is 1. The summed E-state index contributed by atoms with van der Waals surface area (Å²) in [4.78, 5) is 0. The zero-order valence-electron chi connectivity index (χ0n) is 12.2. The first kappa shape index (κ1) is 14.0. The summed E-state index contributed by atoms with van der Waals surface area (Å²) in [5, 5.41) is 3.85. The lowest BCUT2D eigenvalue weighted by atomic mass is 9.69. The second-order valence-electron chi connectivity index (χ2n) is 6.86. The van der Waals surface area contributed by atoms with Crippen molar-refractivity contribution in [3.8, 4) is 0 Å². The lowest BCUT2D eigenvalue weighted by molar-refractivity contribution is 0.0817. The van der Waals surface area contributed by atoms with Gasteiger partial charge < -0.3 is 5.32 Å². The van der Waals surface area contributed by atoms with Crippen LogP contribution in [0.15, 0.2) is 0 Å². The van der Waals surface area contributed by atoms with Crippen molar-refractivity contribution < 1.29 is 0 Å². The highest BCUT2D eigenvalue weighted by molar-refractivity contribution is 4.99. The van der Waals surface area contributed by atoms with Crippen LogP contribution < -0.4 is 5.32 Å². The van der Waals surface area contributed by atoms with Crippen LogP contribution in [0.4, 0.5) is 0 Å². The highest BCUT2D eigenvalue weighted by Gasteiger charge is 2.40. The zero-order valence-corrected chi connectivity index (χ0v) is 12.2. The van der Waals surface area contributed by atoms with E-state index in [1.54, 1.807) is 0 Å². The van der Waals surface area contributed by atoms with E-state index in [0.717, 1.165) is 11.8 Å². The monoisotopic (exact) mass is 225 g/mol. The highest BCUT2D eigenvalue weighted by atomic mass is 15.1. The maximum Gasteiger partial charge on any atom is 0.0158 e. The molecule has 1 nitrogen and oxygen atoms in total. The summed E-state index contributed by atoms with van der Waals surface area (Å²) in [5.74, 6) is 1.79. The molecule has 16 heavy (non-hydrogen) atoms. The summed E-state index contributed by atoms with van der Waals surface area (Å²) in [5.41, 5.74) is 0.671. The molecule has 0 aromatic heterocycles. The molecule has 0 saturated carbocycles. The largest absolute Gasteiger partial charge is 0.307 e. The van der Waals surface area contributed by atoms with E-state index < -0.39 is 0 Å². The standard InChI is InChI=1S/C15H31N/c1-7-9-12(3)13-10-14(4,5)16-15(6,8-2)11-13/h12-13,16H,7-11H2,1-6H3. The second kappa shape index (κ2) is 5.08. The van der Waals surface area contributed by atoms with Gasteiger partial charge in [-0.15, -0.1) is 0 Å². The van der Waals surface area contributed by atoms with E-state index in [1.807, 2.05) is 0 Å². The van der Waals surface area contributed by atoms with Gasteiger partial charge >= 0.3 is 0 Å². The average Bonchev–Trinajstić information content (AvgIpc) is 2.15. The van der Waals surface area contributed by atoms with Crippen LogP contribution in [-0.4, -0.2) is 11.1 Å². The van der Waals surface area contributed by atoms with Crippen LogP contribution >= 0.6 is 0 Å². The first-order chi connectivity index (χ1) is 7.32. The summed E-state index contributed by atoms with van der Waals surface area (Å²) in [6.07, 6.45) is 6.65. The van der Waals surface area contributed by atoms with Crippen molar-refractivity contribution >= 4 is 0 Å². The lowest BCUT2D eigenvalue weighted by Crippen LogP contribution is -2.59. The molecule has 1 fully saturated rings. The van der Waals surface area contributed by atoms with E-state index in [4.69, 9.17) is 0 Å². The molecule has 1 saturated heterocycles. The molecule has 3 atom stereocenters. The molecule has 0 aromatic rings. The van der Waals surface area contributed by atoms with E-state index in [0.29, 0.717) is 11.1 Å². The number of piperidine rings is 1. The van der Waals surface area contributed by atoms with Crippen LogP contribution in [0.25, 0.3) is 0 Å². The van der Waals surface area contributed by atoms with Crippen LogP contribution in [0.2, 0.25) is 0 Å². The molecule has 1 N–H and O–H groups in total. The Hall–Kier alpha value is -0.0400. The van der Waals surface area contributed by atoms with Gasteiger partial charge in [0.05, 0.1) is 0 Å². The predicted octanol–water partition coefficient (Wildman–Crippen LogP) is 4.37. The van der Waals surface area contributed by atoms with Gasteiger partial charge in [0.25, 0.3) is 0 Å². The zero-order chi connectivity index (χ0) is 12.4. The first-order valence-electron chi connectivity index (χ1n) is 7.11. The van der Waals surface area contributed by atoms with Crippen molar-refractivity contribution in [3.63, 3.8) is 0 Å². The summed E-state index contributed by atoms with van der Waals surface area (Å²) < 4.78 is 0. The Bertz CT molecular complexity index is 221. The number of nitrogens with one attached hydrogen (secondary N) is 1. The summed E-state index contributed by atoms with van der Waals surface area (Å²) in [6, 6.07) is 0. The molecule has 3 unspecified atom stereocenters. The molecule has 0 spiro atoms. The summed E-state index contributed by atoms with van der Waals surface area (Å²) >= 11 is 0. The molecular weight excluding hydrogens is 194 g/mol. The van der Waals surface area contributed by atoms with Crippen LogP contribution in [0.1, 0.15) is 73.6 Å². The second-order valence-corrected chi connectivity index (χ2v) is 6.86. The van der Waals surface area contributed by atoms with Gasteiger partial charge in [-0.25, -0.2) is 0 Å². The number of rotatable bonds is 4. The Labute approximate surface area is 102 Å². The molecule has 0 aliphatic carbocycles.